The molecule has 3 aromatic rings. The smallest absolute Gasteiger partial charge is 0.135 e. The minimum absolute atomic E-state index is 0.962. The van der Waals surface area contributed by atoms with E-state index in [0.717, 1.165) is 50.2 Å². The van der Waals surface area contributed by atoms with E-state index in [9.17, 15) is 0 Å². The fraction of sp³-hybridized carbons (Fsp3) is 0.467. The van der Waals surface area contributed by atoms with Crippen LogP contribution in [0.2, 0.25) is 0 Å². The molecule has 0 aliphatic rings. The maximum atomic E-state index is 6.09. The summed E-state index contributed by atoms with van der Waals surface area (Å²) in [6.45, 7) is 15.8. The first-order valence-electron chi connectivity index (χ1n) is 12.9. The summed E-state index contributed by atoms with van der Waals surface area (Å²) in [6, 6.07) is 13.0. The molecule has 0 aliphatic carbocycles. The minimum Gasteiger partial charge on any atom is -0.456 e. The zero-order valence-corrected chi connectivity index (χ0v) is 21.1. The first kappa shape index (κ1) is 25.3. The molecule has 0 bridgehead atoms. The van der Waals surface area contributed by atoms with Gasteiger partial charge in [0.2, 0.25) is 0 Å². The molecule has 0 spiro atoms. The second kappa shape index (κ2) is 13.4. The Morgan fingerprint density at radius 2 is 1.06 bits per heavy atom. The number of hydrogen-bond acceptors (Lipinski definition) is 3. The van der Waals surface area contributed by atoms with E-state index < -0.39 is 0 Å². The number of nitrogens with zero attached hydrogens (tertiary/aromatic N) is 2. The molecule has 178 valence electrons. The van der Waals surface area contributed by atoms with Gasteiger partial charge in [0.05, 0.1) is 0 Å². The van der Waals surface area contributed by atoms with Crippen molar-refractivity contribution in [3.8, 4) is 0 Å². The van der Waals surface area contributed by atoms with Crippen molar-refractivity contribution in [3.63, 3.8) is 0 Å². The minimum atomic E-state index is 0.962. The van der Waals surface area contributed by atoms with Crippen molar-refractivity contribution < 1.29 is 4.42 Å². The monoisotopic (exact) mass is 446 g/mol. The molecule has 0 unspecified atom stereocenters. The Balaban J connectivity index is 1.64. The van der Waals surface area contributed by atoms with Gasteiger partial charge < -0.3 is 14.2 Å². The fourth-order valence-corrected chi connectivity index (χ4v) is 4.40. The standard InChI is InChI=1S/C30H42N2O/c1-5-31(6-2)21-13-9-11-15-25-17-19-29-27(23-25)28-24-26(18-20-30(28)33-29)16-12-10-14-22-32(7-3)8-4/h11-12,15-20,23-24H,5-10,13-14,21-22H2,1-4H3/b15-11+,16-12+. The highest BCUT2D eigenvalue weighted by atomic mass is 16.3. The lowest BCUT2D eigenvalue weighted by Crippen LogP contribution is -2.23. The van der Waals surface area contributed by atoms with Crippen molar-refractivity contribution in [1.29, 1.82) is 0 Å². The third kappa shape index (κ3) is 7.31. The van der Waals surface area contributed by atoms with Gasteiger partial charge in [-0.2, -0.15) is 0 Å². The van der Waals surface area contributed by atoms with Gasteiger partial charge in [0, 0.05) is 10.8 Å². The molecule has 0 fully saturated rings. The Kier molecular flexibility index (Phi) is 10.2. The number of allylic oxidation sites excluding steroid dienone is 2. The number of hydrogen-bond donors (Lipinski definition) is 0. The van der Waals surface area contributed by atoms with Gasteiger partial charge in [-0.05, 0) is 100 Å². The van der Waals surface area contributed by atoms with E-state index in [0.29, 0.717) is 0 Å². The topological polar surface area (TPSA) is 19.6 Å². The number of furan rings is 1. The number of fused-ring (bicyclic) bond motifs is 3. The number of benzene rings is 2. The number of unbranched alkanes of at least 4 members (excludes halogenated alkanes) is 2. The predicted molar refractivity (Wildman–Crippen MR) is 146 cm³/mol. The first-order chi connectivity index (χ1) is 16.2. The van der Waals surface area contributed by atoms with Gasteiger partial charge in [0.1, 0.15) is 11.2 Å². The third-order valence-corrected chi connectivity index (χ3v) is 6.62. The van der Waals surface area contributed by atoms with E-state index in [1.54, 1.807) is 0 Å². The maximum absolute atomic E-state index is 6.09. The molecular weight excluding hydrogens is 404 g/mol. The summed E-state index contributed by atoms with van der Waals surface area (Å²) in [5.41, 5.74) is 4.41. The van der Waals surface area contributed by atoms with Crippen LogP contribution >= 0.6 is 0 Å². The molecule has 1 heterocycles. The van der Waals surface area contributed by atoms with Gasteiger partial charge in [-0.3, -0.25) is 0 Å². The van der Waals surface area contributed by atoms with Crippen molar-refractivity contribution >= 4 is 34.1 Å². The molecule has 0 atom stereocenters. The van der Waals surface area contributed by atoms with Crippen molar-refractivity contribution in [2.75, 3.05) is 39.3 Å². The van der Waals surface area contributed by atoms with Gasteiger partial charge in [0.15, 0.2) is 0 Å². The van der Waals surface area contributed by atoms with E-state index in [1.807, 2.05) is 0 Å². The van der Waals surface area contributed by atoms with Crippen LogP contribution < -0.4 is 0 Å². The van der Waals surface area contributed by atoms with Crippen LogP contribution in [-0.4, -0.2) is 49.1 Å². The molecule has 3 rings (SSSR count). The highest BCUT2D eigenvalue weighted by molar-refractivity contribution is 6.06. The summed E-state index contributed by atoms with van der Waals surface area (Å²) in [5.74, 6) is 0. The average Bonchev–Trinajstić information content (AvgIpc) is 3.21. The Hall–Kier alpha value is -2.36. The molecule has 2 aromatic carbocycles. The Morgan fingerprint density at radius 3 is 1.45 bits per heavy atom. The van der Waals surface area contributed by atoms with Crippen molar-refractivity contribution in [2.24, 2.45) is 0 Å². The molecule has 0 saturated heterocycles. The van der Waals surface area contributed by atoms with Crippen LogP contribution in [0.15, 0.2) is 53.0 Å². The number of rotatable bonds is 14. The van der Waals surface area contributed by atoms with Crippen molar-refractivity contribution in [3.05, 3.63) is 59.7 Å². The Bertz CT molecular complexity index is 956. The van der Waals surface area contributed by atoms with Crippen LogP contribution in [0.1, 0.15) is 64.5 Å². The molecule has 0 saturated carbocycles. The summed E-state index contributed by atoms with van der Waals surface area (Å²) in [5, 5.41) is 2.40. The van der Waals surface area contributed by atoms with Crippen molar-refractivity contribution in [1.82, 2.24) is 9.80 Å². The lowest BCUT2D eigenvalue weighted by molar-refractivity contribution is 0.301. The molecule has 0 aliphatic heterocycles. The van der Waals surface area contributed by atoms with E-state index >= 15 is 0 Å². The SMILES string of the molecule is CCN(CC)CCC/C=C/c1ccc2oc3ccc(/C=C/CCCN(CC)CC)cc3c2c1. The van der Waals surface area contributed by atoms with Crippen molar-refractivity contribution in [2.45, 2.75) is 53.4 Å². The van der Waals surface area contributed by atoms with Gasteiger partial charge in [-0.1, -0.05) is 64.1 Å². The molecule has 0 radical (unpaired) electrons. The Labute approximate surface area is 200 Å². The molecule has 0 amide bonds. The predicted octanol–water partition coefficient (Wildman–Crippen LogP) is 7.86. The van der Waals surface area contributed by atoms with Crippen LogP contribution in [0.5, 0.6) is 0 Å². The van der Waals surface area contributed by atoms with E-state index in [2.05, 4.69) is 98.2 Å². The largest absolute Gasteiger partial charge is 0.456 e. The second-order valence-electron chi connectivity index (χ2n) is 8.76. The molecule has 0 N–H and O–H groups in total. The highest BCUT2D eigenvalue weighted by Gasteiger charge is 2.07. The highest BCUT2D eigenvalue weighted by Crippen LogP contribution is 2.31. The van der Waals surface area contributed by atoms with Gasteiger partial charge >= 0.3 is 0 Å². The molecule has 3 heteroatoms. The normalized spacial score (nSPS) is 12.5. The fourth-order valence-electron chi connectivity index (χ4n) is 4.40. The molecule has 3 nitrogen and oxygen atoms in total. The van der Waals surface area contributed by atoms with Crippen LogP contribution in [0.4, 0.5) is 0 Å². The lowest BCUT2D eigenvalue weighted by Gasteiger charge is -2.16. The van der Waals surface area contributed by atoms with E-state index in [1.165, 1.54) is 47.8 Å². The van der Waals surface area contributed by atoms with Gasteiger partial charge in [-0.15, -0.1) is 0 Å². The van der Waals surface area contributed by atoms with Crippen LogP contribution in [0.3, 0.4) is 0 Å². The summed E-state index contributed by atoms with van der Waals surface area (Å²) in [4.78, 5) is 4.96. The summed E-state index contributed by atoms with van der Waals surface area (Å²) >= 11 is 0. The quantitative estimate of drug-likeness (QED) is 0.235. The third-order valence-electron chi connectivity index (χ3n) is 6.62. The van der Waals surface area contributed by atoms with Crippen LogP contribution in [0, 0.1) is 0 Å². The molecule has 1 aromatic heterocycles. The Morgan fingerprint density at radius 1 is 0.636 bits per heavy atom. The lowest BCUT2D eigenvalue weighted by atomic mass is 10.1. The van der Waals surface area contributed by atoms with Gasteiger partial charge in [0.25, 0.3) is 0 Å². The van der Waals surface area contributed by atoms with Gasteiger partial charge in [-0.25, -0.2) is 0 Å². The summed E-state index contributed by atoms with van der Waals surface area (Å²) < 4.78 is 6.09. The van der Waals surface area contributed by atoms with Crippen LogP contribution in [-0.2, 0) is 0 Å². The van der Waals surface area contributed by atoms with E-state index in [-0.39, 0.29) is 0 Å². The first-order valence-corrected chi connectivity index (χ1v) is 12.9. The summed E-state index contributed by atoms with van der Waals surface area (Å²) in [6.07, 6.45) is 13.8. The maximum Gasteiger partial charge on any atom is 0.135 e. The average molecular weight is 447 g/mol. The van der Waals surface area contributed by atoms with Crippen LogP contribution in [0.25, 0.3) is 34.1 Å². The molecular formula is C30H42N2O. The summed E-state index contributed by atoms with van der Waals surface area (Å²) in [7, 11) is 0. The zero-order chi connectivity index (χ0) is 23.5. The zero-order valence-electron chi connectivity index (χ0n) is 21.1. The van der Waals surface area contributed by atoms with E-state index in [4.69, 9.17) is 4.42 Å². The second-order valence-corrected chi connectivity index (χ2v) is 8.76. The molecule has 33 heavy (non-hydrogen) atoms.